The van der Waals surface area contributed by atoms with Crippen molar-refractivity contribution in [3.8, 4) is 0 Å². The van der Waals surface area contributed by atoms with Crippen molar-refractivity contribution in [3.63, 3.8) is 0 Å². The van der Waals surface area contributed by atoms with Gasteiger partial charge in [0.15, 0.2) is 0 Å². The number of carbonyl (C=O) groups excluding carboxylic acids is 3. The molecule has 7 aliphatic rings. The Bertz CT molecular complexity index is 988. The van der Waals surface area contributed by atoms with E-state index in [4.69, 9.17) is 14.2 Å². The fourth-order valence-electron chi connectivity index (χ4n) is 9.40. The lowest BCUT2D eigenvalue weighted by Gasteiger charge is -2.61. The molecule has 6 unspecified atom stereocenters. The maximum Gasteiger partial charge on any atom is 0.312 e. The Labute approximate surface area is 242 Å². The van der Waals surface area contributed by atoms with E-state index in [1.54, 1.807) is 0 Å². The monoisotopic (exact) mass is 558 g/mol. The zero-order valence-electron chi connectivity index (χ0n) is 26.5. The summed E-state index contributed by atoms with van der Waals surface area (Å²) >= 11 is 0. The minimum Gasteiger partial charge on any atom is -0.459 e. The van der Waals surface area contributed by atoms with Gasteiger partial charge in [0.05, 0.1) is 16.7 Å². The number of esters is 3. The molecule has 0 aromatic rings. The van der Waals surface area contributed by atoms with Gasteiger partial charge < -0.3 is 14.2 Å². The van der Waals surface area contributed by atoms with Gasteiger partial charge in [0.1, 0.15) is 17.8 Å². The molecule has 0 N–H and O–H groups in total. The summed E-state index contributed by atoms with van der Waals surface area (Å²) in [5, 5.41) is 0. The van der Waals surface area contributed by atoms with E-state index in [0.717, 1.165) is 37.0 Å². The zero-order valence-corrected chi connectivity index (χ0v) is 26.5. The molecule has 6 atom stereocenters. The summed E-state index contributed by atoms with van der Waals surface area (Å²) in [6, 6.07) is 0. The van der Waals surface area contributed by atoms with Gasteiger partial charge in [0.2, 0.25) is 0 Å². The molecule has 6 saturated carbocycles. The number of ether oxygens (including phenoxy) is 3. The molecule has 0 aromatic heterocycles. The van der Waals surface area contributed by atoms with E-state index in [1.165, 1.54) is 38.5 Å². The van der Waals surface area contributed by atoms with Crippen LogP contribution in [0.25, 0.3) is 0 Å². The van der Waals surface area contributed by atoms with Crippen LogP contribution in [-0.4, -0.2) is 35.7 Å². The average Bonchev–Trinajstić information content (AvgIpc) is 3.47. The molecule has 226 valence electrons. The molecule has 0 spiro atoms. The second kappa shape index (κ2) is 10.0. The molecule has 0 aromatic carbocycles. The Morgan fingerprint density at radius 2 is 1.32 bits per heavy atom. The molecule has 40 heavy (non-hydrogen) atoms. The molecule has 6 heteroatoms. The van der Waals surface area contributed by atoms with Crippen LogP contribution in [-0.2, 0) is 28.6 Å². The molecule has 7 rings (SSSR count). The third-order valence-electron chi connectivity index (χ3n) is 12.7. The molecule has 1 heterocycles. The van der Waals surface area contributed by atoms with Gasteiger partial charge in [0.25, 0.3) is 0 Å². The highest BCUT2D eigenvalue weighted by Crippen LogP contribution is 2.64. The van der Waals surface area contributed by atoms with Crippen LogP contribution in [0.15, 0.2) is 0 Å². The number of fused-ring (bicyclic) bond motifs is 1. The molecule has 6 aliphatic carbocycles. The van der Waals surface area contributed by atoms with Gasteiger partial charge in [-0.2, -0.15) is 0 Å². The van der Waals surface area contributed by atoms with E-state index < -0.39 is 5.41 Å². The summed E-state index contributed by atoms with van der Waals surface area (Å²) in [6.07, 6.45) is 10.3. The number of carbonyl (C=O) groups is 3. The summed E-state index contributed by atoms with van der Waals surface area (Å²) in [6.45, 7) is 18.3. The molecular formula is C34H54O6. The molecule has 6 bridgehead atoms. The largest absolute Gasteiger partial charge is 0.459 e. The van der Waals surface area contributed by atoms with Crippen molar-refractivity contribution in [2.24, 2.45) is 57.7 Å². The van der Waals surface area contributed by atoms with Gasteiger partial charge in [-0.05, 0) is 123 Å². The molecule has 0 amide bonds. The van der Waals surface area contributed by atoms with Gasteiger partial charge in [-0.3, -0.25) is 14.4 Å². The van der Waals surface area contributed by atoms with Crippen molar-refractivity contribution in [3.05, 3.63) is 0 Å². The Morgan fingerprint density at radius 1 is 0.825 bits per heavy atom. The van der Waals surface area contributed by atoms with Crippen LogP contribution in [0.4, 0.5) is 0 Å². The first-order chi connectivity index (χ1) is 18.5. The zero-order chi connectivity index (χ0) is 29.4. The average molecular weight is 559 g/mol. The minimum atomic E-state index is -0.465. The van der Waals surface area contributed by atoms with Crippen LogP contribution in [0, 0.1) is 57.7 Å². The molecule has 0 radical (unpaired) electrons. The van der Waals surface area contributed by atoms with Gasteiger partial charge >= 0.3 is 17.9 Å². The predicted octanol–water partition coefficient (Wildman–Crippen LogP) is 7.12. The van der Waals surface area contributed by atoms with Crippen molar-refractivity contribution in [2.45, 2.75) is 138 Å². The van der Waals surface area contributed by atoms with E-state index >= 15 is 0 Å². The first-order valence-corrected chi connectivity index (χ1v) is 16.2. The quantitative estimate of drug-likeness (QED) is 0.244. The van der Waals surface area contributed by atoms with Crippen LogP contribution in [0.3, 0.4) is 0 Å². The van der Waals surface area contributed by atoms with Gasteiger partial charge in [-0.25, -0.2) is 0 Å². The van der Waals surface area contributed by atoms with Crippen molar-refractivity contribution in [1.82, 2.24) is 0 Å². The maximum atomic E-state index is 12.6. The summed E-state index contributed by atoms with van der Waals surface area (Å²) in [4.78, 5) is 36.6. The van der Waals surface area contributed by atoms with Crippen molar-refractivity contribution < 1.29 is 28.6 Å². The second-order valence-electron chi connectivity index (χ2n) is 16.3. The molecular weight excluding hydrogens is 504 g/mol. The third-order valence-corrected chi connectivity index (χ3v) is 12.7. The minimum absolute atomic E-state index is 0.00857. The van der Waals surface area contributed by atoms with Crippen LogP contribution >= 0.6 is 0 Å². The number of rotatable bonds is 7. The van der Waals surface area contributed by atoms with E-state index in [2.05, 4.69) is 27.7 Å². The van der Waals surface area contributed by atoms with E-state index in [9.17, 15) is 14.4 Å². The Kier molecular flexibility index (Phi) is 7.47. The van der Waals surface area contributed by atoms with E-state index in [1.807, 2.05) is 34.6 Å². The lowest BCUT2D eigenvalue weighted by molar-refractivity contribution is -0.206. The molecule has 1 saturated heterocycles. The highest BCUT2D eigenvalue weighted by Gasteiger charge is 2.67. The fourth-order valence-corrected chi connectivity index (χ4v) is 9.40. The van der Waals surface area contributed by atoms with Crippen LogP contribution in [0.1, 0.15) is 120 Å². The van der Waals surface area contributed by atoms with Gasteiger partial charge in [-0.1, -0.05) is 20.8 Å². The molecule has 6 nitrogen and oxygen atoms in total. The Hall–Kier alpha value is -1.59. The first-order valence-electron chi connectivity index (χ1n) is 16.2. The van der Waals surface area contributed by atoms with Crippen molar-refractivity contribution in [2.75, 3.05) is 0 Å². The van der Waals surface area contributed by atoms with E-state index in [-0.39, 0.29) is 64.3 Å². The lowest BCUT2D eigenvalue weighted by Crippen LogP contribution is -2.58. The normalized spacial score (nSPS) is 40.9. The van der Waals surface area contributed by atoms with Gasteiger partial charge in [0, 0.05) is 17.3 Å². The molecule has 1 aliphatic heterocycles. The van der Waals surface area contributed by atoms with Crippen LogP contribution in [0.2, 0.25) is 0 Å². The summed E-state index contributed by atoms with van der Waals surface area (Å²) in [7, 11) is 0. The summed E-state index contributed by atoms with van der Waals surface area (Å²) < 4.78 is 17.3. The standard InChI is InChI=1S/C19H32O2.C15H22O4/c1-6-17(2,3)16(20)21-18(4,5)19-10-13-7-14(11-19)9-15(8-13)12-19;1-5-15(3,4)14(17)19-11-8-6-9-10(7(8)2)13(16)18-12(9)11/h13-15H,6-12H2,1-5H3;7-12H,5-6H2,1-4H3. The number of hydrogen-bond donors (Lipinski definition) is 0. The highest BCUT2D eigenvalue weighted by molar-refractivity contribution is 5.79. The predicted molar refractivity (Wildman–Crippen MR) is 153 cm³/mol. The second-order valence-corrected chi connectivity index (χ2v) is 16.3. The maximum absolute atomic E-state index is 12.6. The molecule has 7 fully saturated rings. The smallest absolute Gasteiger partial charge is 0.312 e. The Balaban J connectivity index is 0.000000162. The van der Waals surface area contributed by atoms with Crippen LogP contribution < -0.4 is 0 Å². The highest BCUT2D eigenvalue weighted by atomic mass is 16.6. The van der Waals surface area contributed by atoms with E-state index in [0.29, 0.717) is 5.92 Å². The topological polar surface area (TPSA) is 78.9 Å². The lowest BCUT2D eigenvalue weighted by atomic mass is 9.46. The van der Waals surface area contributed by atoms with Crippen molar-refractivity contribution in [1.29, 1.82) is 0 Å². The SMILES string of the molecule is CCC(C)(C)C(=O)OC(C)(C)C12CC3CC(CC(C3)C1)C2.CCC(C)(C)C(=O)OC1C2CC3C1OC(=O)C3C2C. The fraction of sp³-hybridized carbons (Fsp3) is 0.912. The summed E-state index contributed by atoms with van der Waals surface area (Å²) in [5.41, 5.74) is -0.888. The van der Waals surface area contributed by atoms with Crippen LogP contribution in [0.5, 0.6) is 0 Å². The first kappa shape index (κ1) is 29.9. The van der Waals surface area contributed by atoms with Gasteiger partial charge in [-0.15, -0.1) is 0 Å². The Morgan fingerprint density at radius 3 is 1.82 bits per heavy atom. The van der Waals surface area contributed by atoms with Crippen molar-refractivity contribution >= 4 is 17.9 Å². The summed E-state index contributed by atoms with van der Waals surface area (Å²) in [5.74, 6) is 3.32. The third kappa shape index (κ3) is 4.81. The number of hydrogen-bond acceptors (Lipinski definition) is 6.